The largest absolute Gasteiger partial charge is 0.483 e. The SMILES string of the molecule is Cc1ccc(OCc2nnc(C)o2)c([C@@H](C)N)c1. The monoisotopic (exact) mass is 247 g/mol. The average molecular weight is 247 g/mol. The fraction of sp³-hybridized carbons (Fsp3) is 0.385. The Kier molecular flexibility index (Phi) is 3.62. The van der Waals surface area contributed by atoms with Crippen molar-refractivity contribution in [2.75, 3.05) is 0 Å². The van der Waals surface area contributed by atoms with Crippen LogP contribution in [0.25, 0.3) is 0 Å². The fourth-order valence-electron chi connectivity index (χ4n) is 1.69. The van der Waals surface area contributed by atoms with Gasteiger partial charge in [-0.25, -0.2) is 0 Å². The number of aryl methyl sites for hydroxylation is 2. The second-order valence-corrected chi connectivity index (χ2v) is 4.33. The molecule has 5 nitrogen and oxygen atoms in total. The Labute approximate surface area is 106 Å². The lowest BCUT2D eigenvalue weighted by atomic mass is 10.1. The summed E-state index contributed by atoms with van der Waals surface area (Å²) in [5.41, 5.74) is 8.06. The van der Waals surface area contributed by atoms with Crippen LogP contribution in [-0.2, 0) is 6.61 Å². The first-order valence-corrected chi connectivity index (χ1v) is 5.84. The van der Waals surface area contributed by atoms with E-state index in [1.165, 1.54) is 0 Å². The van der Waals surface area contributed by atoms with Crippen molar-refractivity contribution in [3.05, 3.63) is 41.1 Å². The molecule has 0 saturated carbocycles. The Morgan fingerprint density at radius 1 is 1.33 bits per heavy atom. The summed E-state index contributed by atoms with van der Waals surface area (Å²) < 4.78 is 10.9. The number of nitrogens with two attached hydrogens (primary N) is 1. The van der Waals surface area contributed by atoms with E-state index in [0.717, 1.165) is 16.9 Å². The third kappa shape index (κ3) is 2.87. The van der Waals surface area contributed by atoms with Gasteiger partial charge in [0.2, 0.25) is 5.89 Å². The minimum absolute atomic E-state index is 0.0793. The van der Waals surface area contributed by atoms with Crippen molar-refractivity contribution in [2.45, 2.75) is 33.4 Å². The molecule has 0 aliphatic heterocycles. The number of rotatable bonds is 4. The van der Waals surface area contributed by atoms with Crippen LogP contribution in [0.5, 0.6) is 5.75 Å². The van der Waals surface area contributed by atoms with E-state index in [2.05, 4.69) is 10.2 Å². The topological polar surface area (TPSA) is 74.2 Å². The van der Waals surface area contributed by atoms with Crippen LogP contribution in [0, 0.1) is 13.8 Å². The van der Waals surface area contributed by atoms with E-state index >= 15 is 0 Å². The van der Waals surface area contributed by atoms with Crippen molar-refractivity contribution < 1.29 is 9.15 Å². The predicted octanol–water partition coefficient (Wildman–Crippen LogP) is 2.29. The fourth-order valence-corrected chi connectivity index (χ4v) is 1.69. The van der Waals surface area contributed by atoms with Gasteiger partial charge < -0.3 is 14.9 Å². The van der Waals surface area contributed by atoms with Gasteiger partial charge in [0.15, 0.2) is 6.61 Å². The van der Waals surface area contributed by atoms with E-state index in [-0.39, 0.29) is 12.6 Å². The zero-order valence-corrected chi connectivity index (χ0v) is 10.8. The molecule has 96 valence electrons. The second kappa shape index (κ2) is 5.18. The number of nitrogens with zero attached hydrogens (tertiary/aromatic N) is 2. The van der Waals surface area contributed by atoms with Crippen LogP contribution in [0.4, 0.5) is 0 Å². The van der Waals surface area contributed by atoms with Crippen molar-refractivity contribution in [2.24, 2.45) is 5.73 Å². The van der Waals surface area contributed by atoms with E-state index in [1.807, 2.05) is 32.0 Å². The molecule has 0 bridgehead atoms. The van der Waals surface area contributed by atoms with Crippen molar-refractivity contribution in [1.29, 1.82) is 0 Å². The second-order valence-electron chi connectivity index (χ2n) is 4.33. The highest BCUT2D eigenvalue weighted by molar-refractivity contribution is 5.38. The number of ether oxygens (including phenoxy) is 1. The molecule has 0 aliphatic carbocycles. The number of hydrogen-bond acceptors (Lipinski definition) is 5. The Balaban J connectivity index is 2.13. The summed E-state index contributed by atoms with van der Waals surface area (Å²) in [6.45, 7) is 5.95. The van der Waals surface area contributed by atoms with Crippen LogP contribution in [0.2, 0.25) is 0 Å². The third-order valence-electron chi connectivity index (χ3n) is 2.57. The first-order chi connectivity index (χ1) is 8.56. The Bertz CT molecular complexity index is 535. The van der Waals surface area contributed by atoms with Crippen molar-refractivity contribution in [3.63, 3.8) is 0 Å². The van der Waals surface area contributed by atoms with Gasteiger partial charge in [0.1, 0.15) is 5.75 Å². The molecule has 2 aromatic rings. The maximum absolute atomic E-state index is 5.93. The van der Waals surface area contributed by atoms with Gasteiger partial charge in [0.25, 0.3) is 5.89 Å². The van der Waals surface area contributed by atoms with Gasteiger partial charge >= 0.3 is 0 Å². The summed E-state index contributed by atoms with van der Waals surface area (Å²) >= 11 is 0. The molecule has 0 aliphatic rings. The number of hydrogen-bond donors (Lipinski definition) is 1. The molecule has 2 N–H and O–H groups in total. The van der Waals surface area contributed by atoms with E-state index in [0.29, 0.717) is 11.8 Å². The predicted molar refractivity (Wildman–Crippen MR) is 67.1 cm³/mol. The summed E-state index contributed by atoms with van der Waals surface area (Å²) in [6.07, 6.45) is 0. The van der Waals surface area contributed by atoms with Crippen LogP contribution < -0.4 is 10.5 Å². The molecular weight excluding hydrogens is 230 g/mol. The molecule has 5 heteroatoms. The van der Waals surface area contributed by atoms with Crippen LogP contribution >= 0.6 is 0 Å². The first kappa shape index (κ1) is 12.6. The first-order valence-electron chi connectivity index (χ1n) is 5.84. The van der Waals surface area contributed by atoms with Crippen LogP contribution in [-0.4, -0.2) is 10.2 Å². The molecule has 1 aromatic heterocycles. The lowest BCUT2D eigenvalue weighted by molar-refractivity contribution is 0.257. The maximum Gasteiger partial charge on any atom is 0.253 e. The lowest BCUT2D eigenvalue weighted by Gasteiger charge is -2.13. The number of aromatic nitrogens is 2. The highest BCUT2D eigenvalue weighted by Crippen LogP contribution is 2.25. The molecule has 0 spiro atoms. The van der Waals surface area contributed by atoms with Crippen LogP contribution in [0.3, 0.4) is 0 Å². The third-order valence-corrected chi connectivity index (χ3v) is 2.57. The molecule has 18 heavy (non-hydrogen) atoms. The lowest BCUT2D eigenvalue weighted by Crippen LogP contribution is -2.08. The van der Waals surface area contributed by atoms with E-state index in [4.69, 9.17) is 14.9 Å². The molecule has 1 heterocycles. The summed E-state index contributed by atoms with van der Waals surface area (Å²) in [5.74, 6) is 1.75. The van der Waals surface area contributed by atoms with Crippen LogP contribution in [0.1, 0.15) is 35.9 Å². The van der Waals surface area contributed by atoms with Crippen molar-refractivity contribution in [1.82, 2.24) is 10.2 Å². The van der Waals surface area contributed by atoms with Gasteiger partial charge in [0.05, 0.1) is 0 Å². The molecule has 1 atom stereocenters. The normalized spacial score (nSPS) is 12.4. The van der Waals surface area contributed by atoms with Gasteiger partial charge in [-0.15, -0.1) is 10.2 Å². The molecule has 0 amide bonds. The maximum atomic E-state index is 5.93. The molecular formula is C13H17N3O2. The zero-order valence-electron chi connectivity index (χ0n) is 10.8. The van der Waals surface area contributed by atoms with Gasteiger partial charge in [0, 0.05) is 18.5 Å². The highest BCUT2D eigenvalue weighted by Gasteiger charge is 2.10. The van der Waals surface area contributed by atoms with Gasteiger partial charge in [-0.05, 0) is 19.9 Å². The zero-order chi connectivity index (χ0) is 13.1. The average Bonchev–Trinajstić information content (AvgIpc) is 2.73. The quantitative estimate of drug-likeness (QED) is 0.897. The van der Waals surface area contributed by atoms with Crippen molar-refractivity contribution in [3.8, 4) is 5.75 Å². The van der Waals surface area contributed by atoms with E-state index < -0.39 is 0 Å². The molecule has 1 aromatic carbocycles. The van der Waals surface area contributed by atoms with Gasteiger partial charge in [-0.2, -0.15) is 0 Å². The molecule has 2 rings (SSSR count). The van der Waals surface area contributed by atoms with Crippen molar-refractivity contribution >= 4 is 0 Å². The van der Waals surface area contributed by atoms with Crippen LogP contribution in [0.15, 0.2) is 22.6 Å². The van der Waals surface area contributed by atoms with E-state index in [9.17, 15) is 0 Å². The minimum atomic E-state index is -0.0793. The number of benzene rings is 1. The summed E-state index contributed by atoms with van der Waals surface area (Å²) in [4.78, 5) is 0. The minimum Gasteiger partial charge on any atom is -0.483 e. The Morgan fingerprint density at radius 3 is 2.72 bits per heavy atom. The Hall–Kier alpha value is -1.88. The van der Waals surface area contributed by atoms with Gasteiger partial charge in [-0.1, -0.05) is 17.7 Å². The highest BCUT2D eigenvalue weighted by atomic mass is 16.5. The smallest absolute Gasteiger partial charge is 0.253 e. The molecule has 0 radical (unpaired) electrons. The molecule has 0 fully saturated rings. The van der Waals surface area contributed by atoms with Gasteiger partial charge in [-0.3, -0.25) is 0 Å². The van der Waals surface area contributed by atoms with E-state index in [1.54, 1.807) is 6.92 Å². The summed E-state index contributed by atoms with van der Waals surface area (Å²) in [5, 5.41) is 7.63. The molecule has 0 unspecified atom stereocenters. The summed E-state index contributed by atoms with van der Waals surface area (Å²) in [7, 11) is 0. The summed E-state index contributed by atoms with van der Waals surface area (Å²) in [6, 6.07) is 5.85. The Morgan fingerprint density at radius 2 is 2.11 bits per heavy atom. The molecule has 0 saturated heterocycles. The standard InChI is InChI=1S/C13H17N3O2/c1-8-4-5-12(11(6-8)9(2)14)17-7-13-16-15-10(3)18-13/h4-6,9H,7,14H2,1-3H3/t9-/m1/s1.